The minimum atomic E-state index is -0.0242. The second-order valence-electron chi connectivity index (χ2n) is 4.94. The Morgan fingerprint density at radius 1 is 1.05 bits per heavy atom. The highest BCUT2D eigenvalue weighted by Crippen LogP contribution is 2.15. The molecule has 0 bridgehead atoms. The monoisotopic (exact) mass is 291 g/mol. The molecule has 21 heavy (non-hydrogen) atoms. The van der Waals surface area contributed by atoms with Crippen LogP contribution in [0.25, 0.3) is 0 Å². The van der Waals surface area contributed by atoms with E-state index in [1.54, 1.807) is 0 Å². The Hall–Kier alpha value is -2.04. The van der Waals surface area contributed by atoms with E-state index in [9.17, 15) is 9.59 Å². The fraction of sp³-hybridized carbons (Fsp3) is 0.500. The molecule has 1 aromatic rings. The van der Waals surface area contributed by atoms with Crippen LogP contribution in [-0.2, 0) is 9.59 Å². The number of rotatable bonds is 9. The zero-order valence-electron chi connectivity index (χ0n) is 12.9. The van der Waals surface area contributed by atoms with E-state index in [1.807, 2.05) is 31.2 Å². The zero-order valence-corrected chi connectivity index (χ0v) is 12.9. The van der Waals surface area contributed by atoms with Gasteiger partial charge in [-0.2, -0.15) is 0 Å². The van der Waals surface area contributed by atoms with Crippen molar-refractivity contribution in [3.63, 3.8) is 0 Å². The fourth-order valence-electron chi connectivity index (χ4n) is 1.81. The molecule has 5 nitrogen and oxygen atoms in total. The molecule has 5 heteroatoms. The SMILES string of the molecule is CCCCNC(=O)CNc1cccc(NC(=O)CCC)c1. The normalized spacial score (nSPS) is 10.0. The molecule has 1 rings (SSSR count). The van der Waals surface area contributed by atoms with Crippen LogP contribution in [0.1, 0.15) is 39.5 Å². The van der Waals surface area contributed by atoms with Gasteiger partial charge < -0.3 is 16.0 Å². The minimum absolute atomic E-state index is 0.00644. The first-order valence-corrected chi connectivity index (χ1v) is 7.56. The molecular formula is C16H25N3O2. The first-order chi connectivity index (χ1) is 10.2. The number of unbranched alkanes of at least 4 members (excludes halogenated alkanes) is 1. The molecule has 0 aromatic heterocycles. The lowest BCUT2D eigenvalue weighted by atomic mass is 10.2. The van der Waals surface area contributed by atoms with Crippen LogP contribution in [0.5, 0.6) is 0 Å². The largest absolute Gasteiger partial charge is 0.376 e. The van der Waals surface area contributed by atoms with Crippen molar-refractivity contribution in [1.82, 2.24) is 5.32 Å². The third-order valence-corrected chi connectivity index (χ3v) is 2.93. The maximum absolute atomic E-state index is 11.6. The smallest absolute Gasteiger partial charge is 0.239 e. The number of hydrogen-bond donors (Lipinski definition) is 3. The maximum Gasteiger partial charge on any atom is 0.239 e. The first-order valence-electron chi connectivity index (χ1n) is 7.56. The Bertz CT molecular complexity index is 461. The Labute approximate surface area is 126 Å². The molecule has 0 aliphatic carbocycles. The third kappa shape index (κ3) is 7.34. The van der Waals surface area contributed by atoms with Crippen molar-refractivity contribution in [3.8, 4) is 0 Å². The summed E-state index contributed by atoms with van der Waals surface area (Å²) in [5.74, 6) is -0.0177. The van der Waals surface area contributed by atoms with Crippen LogP contribution >= 0.6 is 0 Å². The summed E-state index contributed by atoms with van der Waals surface area (Å²) < 4.78 is 0. The number of benzene rings is 1. The Morgan fingerprint density at radius 2 is 1.81 bits per heavy atom. The van der Waals surface area contributed by atoms with Crippen molar-refractivity contribution in [3.05, 3.63) is 24.3 Å². The van der Waals surface area contributed by atoms with Gasteiger partial charge in [0.1, 0.15) is 0 Å². The lowest BCUT2D eigenvalue weighted by molar-refractivity contribution is -0.119. The third-order valence-electron chi connectivity index (χ3n) is 2.93. The lowest BCUT2D eigenvalue weighted by Crippen LogP contribution is -2.30. The van der Waals surface area contributed by atoms with Crippen LogP contribution in [0.15, 0.2) is 24.3 Å². The van der Waals surface area contributed by atoms with Gasteiger partial charge >= 0.3 is 0 Å². The van der Waals surface area contributed by atoms with Crippen LogP contribution < -0.4 is 16.0 Å². The molecule has 1 aromatic carbocycles. The molecule has 0 spiro atoms. The maximum atomic E-state index is 11.6. The Balaban J connectivity index is 2.41. The lowest BCUT2D eigenvalue weighted by Gasteiger charge is -2.09. The van der Waals surface area contributed by atoms with Gasteiger partial charge in [0.2, 0.25) is 11.8 Å². The van der Waals surface area contributed by atoms with Crippen molar-refractivity contribution in [2.75, 3.05) is 23.7 Å². The van der Waals surface area contributed by atoms with Gasteiger partial charge in [0.05, 0.1) is 6.54 Å². The standard InChI is InChI=1S/C16H25N3O2/c1-3-5-10-17-16(21)12-18-13-8-6-9-14(11-13)19-15(20)7-4-2/h6,8-9,11,18H,3-5,7,10,12H2,1-2H3,(H,17,21)(H,19,20). The van der Waals surface area contributed by atoms with Gasteiger partial charge in [-0.05, 0) is 31.0 Å². The zero-order chi connectivity index (χ0) is 15.5. The van der Waals surface area contributed by atoms with Crippen molar-refractivity contribution < 1.29 is 9.59 Å². The molecule has 0 heterocycles. The van der Waals surface area contributed by atoms with Crippen molar-refractivity contribution in [2.24, 2.45) is 0 Å². The van der Waals surface area contributed by atoms with E-state index in [0.29, 0.717) is 13.0 Å². The quantitative estimate of drug-likeness (QED) is 0.613. The van der Waals surface area contributed by atoms with Gasteiger partial charge in [-0.15, -0.1) is 0 Å². The molecule has 0 radical (unpaired) electrons. The number of amides is 2. The molecule has 3 N–H and O–H groups in total. The summed E-state index contributed by atoms with van der Waals surface area (Å²) in [5, 5.41) is 8.73. The van der Waals surface area contributed by atoms with Gasteiger partial charge in [0.15, 0.2) is 0 Å². The van der Waals surface area contributed by atoms with Crippen LogP contribution in [0.4, 0.5) is 11.4 Å². The van der Waals surface area contributed by atoms with Gasteiger partial charge in [-0.1, -0.05) is 26.3 Å². The number of carbonyl (C=O) groups is 2. The number of nitrogens with one attached hydrogen (secondary N) is 3. The van der Waals surface area contributed by atoms with Crippen molar-refractivity contribution in [2.45, 2.75) is 39.5 Å². The highest BCUT2D eigenvalue weighted by molar-refractivity contribution is 5.91. The summed E-state index contributed by atoms with van der Waals surface area (Å²) in [6.45, 7) is 5.00. The number of anilines is 2. The average molecular weight is 291 g/mol. The van der Waals surface area contributed by atoms with Crippen molar-refractivity contribution in [1.29, 1.82) is 0 Å². The topological polar surface area (TPSA) is 70.2 Å². The fourth-order valence-corrected chi connectivity index (χ4v) is 1.81. The van der Waals surface area contributed by atoms with E-state index in [0.717, 1.165) is 30.6 Å². The summed E-state index contributed by atoms with van der Waals surface area (Å²) >= 11 is 0. The van der Waals surface area contributed by atoms with E-state index in [1.165, 1.54) is 0 Å². The molecule has 116 valence electrons. The Kier molecular flexibility index (Phi) is 7.94. The minimum Gasteiger partial charge on any atom is -0.376 e. The molecule has 0 aliphatic heterocycles. The molecule has 0 atom stereocenters. The molecule has 0 saturated carbocycles. The average Bonchev–Trinajstić information content (AvgIpc) is 2.46. The summed E-state index contributed by atoms with van der Waals surface area (Å²) in [6.07, 6.45) is 3.39. The van der Waals surface area contributed by atoms with E-state index in [4.69, 9.17) is 0 Å². The van der Waals surface area contributed by atoms with E-state index < -0.39 is 0 Å². The second-order valence-corrected chi connectivity index (χ2v) is 4.94. The van der Waals surface area contributed by atoms with Crippen LogP contribution in [0, 0.1) is 0 Å². The molecule has 0 fully saturated rings. The van der Waals surface area contributed by atoms with E-state index in [2.05, 4.69) is 22.9 Å². The van der Waals surface area contributed by atoms with Gasteiger partial charge in [0.25, 0.3) is 0 Å². The molecule has 0 unspecified atom stereocenters. The van der Waals surface area contributed by atoms with Gasteiger partial charge in [-0.3, -0.25) is 9.59 Å². The number of carbonyl (C=O) groups excluding carboxylic acids is 2. The Morgan fingerprint density at radius 3 is 2.52 bits per heavy atom. The van der Waals surface area contributed by atoms with Crippen LogP contribution in [0.2, 0.25) is 0 Å². The van der Waals surface area contributed by atoms with Gasteiger partial charge in [-0.25, -0.2) is 0 Å². The van der Waals surface area contributed by atoms with Crippen molar-refractivity contribution >= 4 is 23.2 Å². The summed E-state index contributed by atoms with van der Waals surface area (Å²) in [7, 11) is 0. The predicted octanol–water partition coefficient (Wildman–Crippen LogP) is 2.75. The number of hydrogen-bond acceptors (Lipinski definition) is 3. The van der Waals surface area contributed by atoms with E-state index >= 15 is 0 Å². The molecule has 2 amide bonds. The molecular weight excluding hydrogens is 266 g/mol. The highest BCUT2D eigenvalue weighted by Gasteiger charge is 2.03. The predicted molar refractivity (Wildman–Crippen MR) is 86.4 cm³/mol. The summed E-state index contributed by atoms with van der Waals surface area (Å²) in [6, 6.07) is 7.38. The second kappa shape index (κ2) is 9.80. The van der Waals surface area contributed by atoms with E-state index in [-0.39, 0.29) is 18.4 Å². The van der Waals surface area contributed by atoms with Crippen LogP contribution in [-0.4, -0.2) is 24.9 Å². The summed E-state index contributed by atoms with van der Waals surface area (Å²) in [5.41, 5.74) is 1.56. The highest BCUT2D eigenvalue weighted by atomic mass is 16.2. The molecule has 0 saturated heterocycles. The van der Waals surface area contributed by atoms with Gasteiger partial charge in [0, 0.05) is 24.3 Å². The van der Waals surface area contributed by atoms with Crippen LogP contribution in [0.3, 0.4) is 0 Å². The first kappa shape index (κ1) is 17.0. The summed E-state index contributed by atoms with van der Waals surface area (Å²) in [4.78, 5) is 23.1. The molecule has 0 aliphatic rings.